The first-order chi connectivity index (χ1) is 4.31. The number of hydrazine groups is 1. The maximum atomic E-state index is 3.98. The van der Waals surface area contributed by atoms with Crippen molar-refractivity contribution in [1.82, 2.24) is 10.4 Å². The van der Waals surface area contributed by atoms with Crippen LogP contribution in [0.25, 0.3) is 0 Å². The molecule has 9 heavy (non-hydrogen) atoms. The topological polar surface area (TPSA) is 27.6 Å². The van der Waals surface area contributed by atoms with Gasteiger partial charge in [0.1, 0.15) is 0 Å². The minimum Gasteiger partial charge on any atom is -0.310 e. The molecule has 3 heteroatoms. The highest BCUT2D eigenvalue weighted by molar-refractivity contribution is 5.53. The minimum absolute atomic E-state index is 0.838. The van der Waals surface area contributed by atoms with E-state index in [4.69, 9.17) is 0 Å². The average Bonchev–Trinajstić information content (AvgIpc) is 1.89. The third kappa shape index (κ3) is 5.30. The molecule has 3 nitrogen and oxygen atoms in total. The van der Waals surface area contributed by atoms with Crippen LogP contribution >= 0.6 is 0 Å². The van der Waals surface area contributed by atoms with Crippen LogP contribution in [0.4, 0.5) is 0 Å². The lowest BCUT2D eigenvalue weighted by Gasteiger charge is -2.11. The minimum atomic E-state index is 0.838. The molecular weight excluding hydrogens is 114 g/mol. The van der Waals surface area contributed by atoms with E-state index in [9.17, 15) is 0 Å². The van der Waals surface area contributed by atoms with Gasteiger partial charge >= 0.3 is 0 Å². The van der Waals surface area contributed by atoms with Gasteiger partial charge in [0.2, 0.25) is 0 Å². The van der Waals surface area contributed by atoms with Gasteiger partial charge in [0.15, 0.2) is 0 Å². The van der Waals surface area contributed by atoms with Crippen molar-refractivity contribution in [1.29, 1.82) is 0 Å². The molecule has 0 bridgehead atoms. The fourth-order valence-corrected chi connectivity index (χ4v) is 0.322. The molecule has 1 N–H and O–H groups in total. The molecule has 0 amide bonds. The molecule has 0 aromatic heterocycles. The zero-order valence-corrected chi connectivity index (χ0v) is 6.39. The van der Waals surface area contributed by atoms with E-state index in [1.165, 1.54) is 0 Å². The average molecular weight is 129 g/mol. The van der Waals surface area contributed by atoms with Crippen molar-refractivity contribution in [2.45, 2.75) is 13.8 Å². The lowest BCUT2D eigenvalue weighted by Crippen LogP contribution is -2.32. The summed E-state index contributed by atoms with van der Waals surface area (Å²) in [7, 11) is 1.97. The van der Waals surface area contributed by atoms with Crippen LogP contribution in [-0.4, -0.2) is 31.5 Å². The maximum Gasteiger partial charge on any atom is 0.0967 e. The van der Waals surface area contributed by atoms with E-state index >= 15 is 0 Å². The van der Waals surface area contributed by atoms with E-state index in [0.717, 1.165) is 13.1 Å². The molecule has 0 aliphatic carbocycles. The van der Waals surface area contributed by atoms with Gasteiger partial charge in [-0.3, -0.25) is 4.99 Å². The quantitative estimate of drug-likeness (QED) is 0.340. The van der Waals surface area contributed by atoms with Gasteiger partial charge < -0.3 is 5.43 Å². The van der Waals surface area contributed by atoms with E-state index in [-0.39, 0.29) is 0 Å². The maximum absolute atomic E-state index is 3.98. The number of rotatable bonds is 4. The molecule has 0 spiro atoms. The predicted molar refractivity (Wildman–Crippen MR) is 40.5 cm³/mol. The summed E-state index contributed by atoms with van der Waals surface area (Å²) in [5.74, 6) is 0. The number of hydrogen-bond acceptors (Lipinski definition) is 2. The van der Waals surface area contributed by atoms with Crippen LogP contribution in [0.15, 0.2) is 4.99 Å². The molecule has 0 saturated carbocycles. The summed E-state index contributed by atoms with van der Waals surface area (Å²) in [6.07, 6.45) is 1.71. The molecule has 0 aliphatic rings. The van der Waals surface area contributed by atoms with Gasteiger partial charge in [-0.2, -0.15) is 0 Å². The second-order valence-corrected chi connectivity index (χ2v) is 1.77. The first-order valence-corrected chi connectivity index (χ1v) is 3.26. The summed E-state index contributed by atoms with van der Waals surface area (Å²) < 4.78 is 0. The largest absolute Gasteiger partial charge is 0.310 e. The number of nitrogens with one attached hydrogen (secondary N) is 1. The molecule has 0 atom stereocenters. The predicted octanol–water partition coefficient (Wildman–Crippen LogP) is 0.491. The molecular formula is C6H15N3. The van der Waals surface area contributed by atoms with E-state index in [1.54, 1.807) is 6.34 Å². The van der Waals surface area contributed by atoms with Crippen LogP contribution in [-0.2, 0) is 0 Å². The Balaban J connectivity index is 3.15. The molecule has 0 unspecified atom stereocenters. The molecule has 0 saturated heterocycles. The fraction of sp³-hybridized carbons (Fsp3) is 0.833. The van der Waals surface area contributed by atoms with Gasteiger partial charge in [-0.25, -0.2) is 5.01 Å². The first-order valence-electron chi connectivity index (χ1n) is 3.26. The Bertz CT molecular complexity index is 80.4. The Kier molecular flexibility index (Phi) is 5.21. The van der Waals surface area contributed by atoms with Crippen molar-refractivity contribution in [3.05, 3.63) is 0 Å². The fourth-order valence-electron chi connectivity index (χ4n) is 0.322. The van der Waals surface area contributed by atoms with Gasteiger partial charge in [0.05, 0.1) is 6.34 Å². The van der Waals surface area contributed by atoms with Gasteiger partial charge in [0, 0.05) is 20.1 Å². The van der Waals surface area contributed by atoms with Gasteiger partial charge in [-0.1, -0.05) is 6.92 Å². The second kappa shape index (κ2) is 5.56. The van der Waals surface area contributed by atoms with Gasteiger partial charge in [-0.05, 0) is 6.92 Å². The van der Waals surface area contributed by atoms with Crippen LogP contribution in [0.1, 0.15) is 13.8 Å². The molecule has 0 heterocycles. The Morgan fingerprint density at radius 3 is 2.67 bits per heavy atom. The number of aliphatic imine (C=N–C) groups is 1. The van der Waals surface area contributed by atoms with Crippen LogP contribution in [0, 0.1) is 0 Å². The Morgan fingerprint density at radius 2 is 2.22 bits per heavy atom. The van der Waals surface area contributed by atoms with Crippen molar-refractivity contribution >= 4 is 6.34 Å². The standard InChI is InChI=1S/C6H15N3/c1-4-7-6-8-9(3)5-2/h6H,4-5H2,1-3H3,(H,7,8). The smallest absolute Gasteiger partial charge is 0.0967 e. The summed E-state index contributed by atoms with van der Waals surface area (Å²) in [6.45, 7) is 5.90. The number of nitrogens with zero attached hydrogens (tertiary/aromatic N) is 2. The molecule has 0 aliphatic heterocycles. The van der Waals surface area contributed by atoms with Gasteiger partial charge in [-0.15, -0.1) is 0 Å². The Labute approximate surface area is 56.7 Å². The molecule has 0 radical (unpaired) electrons. The third-order valence-electron chi connectivity index (χ3n) is 1.03. The van der Waals surface area contributed by atoms with Crippen molar-refractivity contribution in [2.24, 2.45) is 4.99 Å². The number of hydrogen-bond donors (Lipinski definition) is 1. The second-order valence-electron chi connectivity index (χ2n) is 1.77. The molecule has 0 aromatic carbocycles. The summed E-state index contributed by atoms with van der Waals surface area (Å²) in [6, 6.07) is 0. The zero-order valence-electron chi connectivity index (χ0n) is 6.39. The van der Waals surface area contributed by atoms with Crippen molar-refractivity contribution in [2.75, 3.05) is 20.1 Å². The van der Waals surface area contributed by atoms with E-state index in [1.807, 2.05) is 19.0 Å². The molecule has 0 rings (SSSR count). The highest BCUT2D eigenvalue weighted by Crippen LogP contribution is 1.68. The van der Waals surface area contributed by atoms with Crippen LogP contribution < -0.4 is 5.43 Å². The molecule has 0 fully saturated rings. The van der Waals surface area contributed by atoms with Gasteiger partial charge in [0.25, 0.3) is 0 Å². The van der Waals surface area contributed by atoms with E-state index in [2.05, 4.69) is 17.3 Å². The molecule has 54 valence electrons. The van der Waals surface area contributed by atoms with Crippen molar-refractivity contribution in [3.63, 3.8) is 0 Å². The van der Waals surface area contributed by atoms with E-state index in [0.29, 0.717) is 0 Å². The SMILES string of the molecule is CCN=CNN(C)CC. The first kappa shape index (κ1) is 8.43. The van der Waals surface area contributed by atoms with E-state index < -0.39 is 0 Å². The monoisotopic (exact) mass is 129 g/mol. The van der Waals surface area contributed by atoms with Crippen LogP contribution in [0.2, 0.25) is 0 Å². The van der Waals surface area contributed by atoms with Crippen molar-refractivity contribution < 1.29 is 0 Å². The normalized spacial score (nSPS) is 11.1. The summed E-state index contributed by atoms with van der Waals surface area (Å²) in [5.41, 5.74) is 2.97. The Morgan fingerprint density at radius 1 is 1.56 bits per heavy atom. The highest BCUT2D eigenvalue weighted by atomic mass is 15.5. The zero-order chi connectivity index (χ0) is 7.11. The highest BCUT2D eigenvalue weighted by Gasteiger charge is 1.83. The third-order valence-corrected chi connectivity index (χ3v) is 1.03. The lowest BCUT2D eigenvalue weighted by molar-refractivity contribution is 0.313. The Hall–Kier alpha value is -0.570. The van der Waals surface area contributed by atoms with Crippen LogP contribution in [0.5, 0.6) is 0 Å². The summed E-state index contributed by atoms with van der Waals surface area (Å²) in [5, 5.41) is 1.96. The van der Waals surface area contributed by atoms with Crippen molar-refractivity contribution in [3.8, 4) is 0 Å². The van der Waals surface area contributed by atoms with Crippen LogP contribution in [0.3, 0.4) is 0 Å². The lowest BCUT2D eigenvalue weighted by atomic mass is 10.7. The summed E-state index contributed by atoms with van der Waals surface area (Å²) in [4.78, 5) is 3.98. The molecule has 0 aromatic rings. The summed E-state index contributed by atoms with van der Waals surface area (Å²) >= 11 is 0.